The Balaban J connectivity index is 1.62. The molecule has 12 nitrogen and oxygen atoms in total. The standard InChI is InChI=1S/C34H40N4O8/c1-21-8-6-7-9-25(21)37-33(44)38-26-15-10-22(16-28(26)45-4)17-29(39)35-24-13-11-23(12-14-24)27(18-32(43)46-5)36-30(40)19-34(2,3)20-31(41)42/h6-16,27H,17-20H2,1-5H3,(H,35,39)(H,36,40)(H,41,42)(H2,37,38,44). The quantitative estimate of drug-likeness (QED) is 0.146. The summed E-state index contributed by atoms with van der Waals surface area (Å²) in [4.78, 5) is 61.3. The van der Waals surface area contributed by atoms with Gasteiger partial charge in [-0.15, -0.1) is 0 Å². The Morgan fingerprint density at radius 1 is 0.826 bits per heavy atom. The molecule has 3 aromatic rings. The van der Waals surface area contributed by atoms with Crippen LogP contribution in [0.15, 0.2) is 66.7 Å². The molecule has 0 aliphatic heterocycles. The summed E-state index contributed by atoms with van der Waals surface area (Å²) in [5, 5.41) is 20.3. The van der Waals surface area contributed by atoms with E-state index in [2.05, 4.69) is 21.3 Å². The van der Waals surface area contributed by atoms with Gasteiger partial charge in [0.1, 0.15) is 5.75 Å². The molecular weight excluding hydrogens is 592 g/mol. The van der Waals surface area contributed by atoms with E-state index in [0.717, 1.165) is 5.56 Å². The predicted molar refractivity (Wildman–Crippen MR) is 174 cm³/mol. The Morgan fingerprint density at radius 3 is 2.13 bits per heavy atom. The molecule has 12 heteroatoms. The van der Waals surface area contributed by atoms with Crippen LogP contribution in [-0.4, -0.2) is 49.1 Å². The lowest BCUT2D eigenvalue weighted by Gasteiger charge is -2.24. The molecule has 0 aromatic heterocycles. The first-order valence-electron chi connectivity index (χ1n) is 14.6. The van der Waals surface area contributed by atoms with Crippen molar-refractivity contribution in [2.24, 2.45) is 5.41 Å². The van der Waals surface area contributed by atoms with Gasteiger partial charge in [-0.25, -0.2) is 4.79 Å². The average Bonchev–Trinajstić information content (AvgIpc) is 2.98. The van der Waals surface area contributed by atoms with Crippen LogP contribution in [0.5, 0.6) is 5.75 Å². The van der Waals surface area contributed by atoms with Crippen molar-refractivity contribution in [3.8, 4) is 5.75 Å². The minimum atomic E-state index is -1.01. The number of urea groups is 1. The highest BCUT2D eigenvalue weighted by Crippen LogP contribution is 2.28. The Labute approximate surface area is 267 Å². The maximum Gasteiger partial charge on any atom is 0.323 e. The summed E-state index contributed by atoms with van der Waals surface area (Å²) in [6, 6.07) is 18.0. The minimum Gasteiger partial charge on any atom is -0.495 e. The molecule has 0 heterocycles. The first-order chi connectivity index (χ1) is 21.8. The summed E-state index contributed by atoms with van der Waals surface area (Å²) in [5.41, 5.74) is 3.01. The van der Waals surface area contributed by atoms with Gasteiger partial charge in [0.2, 0.25) is 11.8 Å². The maximum absolute atomic E-state index is 12.8. The molecule has 46 heavy (non-hydrogen) atoms. The number of carboxylic acid groups (broad SMARTS) is 1. The number of carboxylic acids is 1. The topological polar surface area (TPSA) is 172 Å². The van der Waals surface area contributed by atoms with Crippen molar-refractivity contribution >= 4 is 46.8 Å². The number of esters is 1. The SMILES string of the molecule is COC(=O)CC(NC(=O)CC(C)(C)CC(=O)O)c1ccc(NC(=O)Cc2ccc(NC(=O)Nc3ccccc3C)c(OC)c2)cc1. The van der Waals surface area contributed by atoms with Crippen molar-refractivity contribution in [2.75, 3.05) is 30.2 Å². The summed E-state index contributed by atoms with van der Waals surface area (Å²) in [6.07, 6.45) is -0.335. The molecular formula is C34H40N4O8. The molecule has 1 atom stereocenters. The summed E-state index contributed by atoms with van der Waals surface area (Å²) in [6.45, 7) is 5.25. The number of carbonyl (C=O) groups excluding carboxylic acids is 4. The molecule has 0 aliphatic carbocycles. The number of aliphatic carboxylic acids is 1. The Kier molecular flexibility index (Phi) is 12.3. The maximum atomic E-state index is 12.8. The first kappa shape index (κ1) is 35.1. The van der Waals surface area contributed by atoms with E-state index in [9.17, 15) is 24.0 Å². The molecule has 1 unspecified atom stereocenters. The van der Waals surface area contributed by atoms with Gasteiger partial charge in [0, 0.05) is 17.8 Å². The van der Waals surface area contributed by atoms with E-state index >= 15 is 0 Å². The van der Waals surface area contributed by atoms with Crippen molar-refractivity contribution in [3.63, 3.8) is 0 Å². The Morgan fingerprint density at radius 2 is 1.50 bits per heavy atom. The van der Waals surface area contributed by atoms with Gasteiger partial charge >= 0.3 is 18.0 Å². The zero-order chi connectivity index (χ0) is 33.9. The minimum absolute atomic E-state index is 0.0287. The third-order valence-corrected chi connectivity index (χ3v) is 7.07. The lowest BCUT2D eigenvalue weighted by Crippen LogP contribution is -2.34. The van der Waals surface area contributed by atoms with Crippen LogP contribution in [0.25, 0.3) is 0 Å². The fourth-order valence-corrected chi connectivity index (χ4v) is 4.78. The zero-order valence-electron chi connectivity index (χ0n) is 26.6. The number of methoxy groups -OCH3 is 2. The Bertz CT molecular complexity index is 1570. The predicted octanol–water partition coefficient (Wildman–Crippen LogP) is 5.44. The van der Waals surface area contributed by atoms with E-state index < -0.39 is 35.3 Å². The van der Waals surface area contributed by atoms with Gasteiger partial charge < -0.3 is 35.8 Å². The monoisotopic (exact) mass is 632 g/mol. The molecule has 0 spiro atoms. The van der Waals surface area contributed by atoms with Gasteiger partial charge in [-0.05, 0) is 59.4 Å². The number of ether oxygens (including phenoxy) is 2. The summed E-state index contributed by atoms with van der Waals surface area (Å²) in [7, 11) is 2.72. The van der Waals surface area contributed by atoms with E-state index in [1.807, 2.05) is 25.1 Å². The second kappa shape index (κ2) is 16.1. The van der Waals surface area contributed by atoms with E-state index in [4.69, 9.17) is 14.6 Å². The van der Waals surface area contributed by atoms with Gasteiger partial charge in [0.25, 0.3) is 0 Å². The normalized spacial score (nSPS) is 11.5. The largest absolute Gasteiger partial charge is 0.495 e. The highest BCUT2D eigenvalue weighted by atomic mass is 16.5. The van der Waals surface area contributed by atoms with Gasteiger partial charge in [-0.3, -0.25) is 19.2 Å². The number of hydrogen-bond acceptors (Lipinski definition) is 7. The van der Waals surface area contributed by atoms with Crippen molar-refractivity contribution in [1.29, 1.82) is 0 Å². The van der Waals surface area contributed by atoms with Crippen LogP contribution in [0.1, 0.15) is 55.8 Å². The van der Waals surface area contributed by atoms with Crippen LogP contribution in [0.4, 0.5) is 21.9 Å². The van der Waals surface area contributed by atoms with Gasteiger partial charge in [0.15, 0.2) is 0 Å². The summed E-state index contributed by atoms with van der Waals surface area (Å²) in [5.74, 6) is -1.85. The van der Waals surface area contributed by atoms with Crippen molar-refractivity contribution in [3.05, 3.63) is 83.4 Å². The molecule has 0 fully saturated rings. The molecule has 0 radical (unpaired) electrons. The van der Waals surface area contributed by atoms with Crippen molar-refractivity contribution < 1.29 is 38.6 Å². The van der Waals surface area contributed by atoms with Gasteiger partial charge in [-0.1, -0.05) is 50.2 Å². The first-order valence-corrected chi connectivity index (χ1v) is 14.6. The lowest BCUT2D eigenvalue weighted by molar-refractivity contribution is -0.141. The number of carbonyl (C=O) groups is 5. The van der Waals surface area contributed by atoms with E-state index in [1.165, 1.54) is 14.2 Å². The molecule has 5 N–H and O–H groups in total. The second-order valence-corrected chi connectivity index (χ2v) is 11.6. The molecule has 3 rings (SSSR count). The second-order valence-electron chi connectivity index (χ2n) is 11.6. The number of rotatable bonds is 14. The zero-order valence-corrected chi connectivity index (χ0v) is 26.6. The van der Waals surface area contributed by atoms with Crippen LogP contribution in [0.2, 0.25) is 0 Å². The number of para-hydroxylation sites is 1. The highest BCUT2D eigenvalue weighted by molar-refractivity contribution is 6.01. The molecule has 3 aromatic carbocycles. The van der Waals surface area contributed by atoms with E-state index in [0.29, 0.717) is 33.9 Å². The number of hydrogen-bond donors (Lipinski definition) is 5. The fraction of sp³-hybridized carbons (Fsp3) is 0.324. The third-order valence-electron chi connectivity index (χ3n) is 7.07. The van der Waals surface area contributed by atoms with Crippen LogP contribution in [0, 0.1) is 12.3 Å². The summed E-state index contributed by atoms with van der Waals surface area (Å²) >= 11 is 0. The third kappa shape index (κ3) is 11.0. The van der Waals surface area contributed by atoms with Crippen molar-refractivity contribution in [2.45, 2.75) is 52.5 Å². The molecule has 0 saturated carbocycles. The number of nitrogens with one attached hydrogen (secondary N) is 4. The van der Waals surface area contributed by atoms with Crippen LogP contribution < -0.4 is 26.0 Å². The molecule has 0 aliphatic rings. The molecule has 0 bridgehead atoms. The van der Waals surface area contributed by atoms with Crippen LogP contribution in [-0.2, 0) is 30.3 Å². The molecule has 0 saturated heterocycles. The van der Waals surface area contributed by atoms with Crippen molar-refractivity contribution in [1.82, 2.24) is 5.32 Å². The number of aryl methyl sites for hydroxylation is 1. The number of anilines is 3. The number of amides is 4. The van der Waals surface area contributed by atoms with Crippen LogP contribution >= 0.6 is 0 Å². The van der Waals surface area contributed by atoms with Crippen LogP contribution in [0.3, 0.4) is 0 Å². The Hall–Kier alpha value is -5.39. The molecule has 244 valence electrons. The fourth-order valence-electron chi connectivity index (χ4n) is 4.78. The van der Waals surface area contributed by atoms with E-state index in [1.54, 1.807) is 62.4 Å². The van der Waals surface area contributed by atoms with E-state index in [-0.39, 0.29) is 31.6 Å². The average molecular weight is 633 g/mol. The number of benzene rings is 3. The van der Waals surface area contributed by atoms with Gasteiger partial charge in [0.05, 0.1) is 45.2 Å². The van der Waals surface area contributed by atoms with Gasteiger partial charge in [-0.2, -0.15) is 0 Å². The lowest BCUT2D eigenvalue weighted by atomic mass is 9.85. The smallest absolute Gasteiger partial charge is 0.323 e. The highest BCUT2D eigenvalue weighted by Gasteiger charge is 2.27. The molecule has 4 amide bonds. The summed E-state index contributed by atoms with van der Waals surface area (Å²) < 4.78 is 10.2.